The van der Waals surface area contributed by atoms with Gasteiger partial charge in [-0.25, -0.2) is 0 Å². The Hall–Kier alpha value is -1.35. The summed E-state index contributed by atoms with van der Waals surface area (Å²) in [6.45, 7) is 4.29. The maximum absolute atomic E-state index is 10.8. The fourth-order valence-electron chi connectivity index (χ4n) is 2.84. The number of likely N-dealkylation sites (tertiary alicyclic amines) is 1. The lowest BCUT2D eigenvalue weighted by molar-refractivity contribution is -0.137. The van der Waals surface area contributed by atoms with Crippen LogP contribution in [0.3, 0.4) is 0 Å². The van der Waals surface area contributed by atoms with Crippen LogP contribution in [0.5, 0.6) is 0 Å². The van der Waals surface area contributed by atoms with Gasteiger partial charge >= 0.3 is 5.97 Å². The number of aliphatic carboxylic acids is 1. The highest BCUT2D eigenvalue weighted by Crippen LogP contribution is 2.30. The standard InChI is InChI=1S/C16H23NO2/c1-12(10-16(18)19)14-4-3-5-15(11-14)13-6-8-17(2)9-7-13/h3-5,11-13H,6-10H2,1-2H3,(H,18,19). The van der Waals surface area contributed by atoms with Crippen LogP contribution in [-0.4, -0.2) is 36.1 Å². The molecule has 1 atom stereocenters. The molecule has 3 heteroatoms. The van der Waals surface area contributed by atoms with Crippen molar-refractivity contribution in [3.05, 3.63) is 35.4 Å². The summed E-state index contributed by atoms with van der Waals surface area (Å²) in [5.74, 6) is -0.00548. The van der Waals surface area contributed by atoms with E-state index in [-0.39, 0.29) is 12.3 Å². The van der Waals surface area contributed by atoms with E-state index >= 15 is 0 Å². The highest BCUT2D eigenvalue weighted by molar-refractivity contribution is 5.68. The third-order valence-electron chi connectivity index (χ3n) is 4.15. The zero-order valence-electron chi connectivity index (χ0n) is 11.8. The van der Waals surface area contributed by atoms with Gasteiger partial charge in [-0.3, -0.25) is 4.79 Å². The number of nitrogens with zero attached hydrogens (tertiary/aromatic N) is 1. The fourth-order valence-corrected chi connectivity index (χ4v) is 2.84. The highest BCUT2D eigenvalue weighted by Gasteiger charge is 2.19. The maximum Gasteiger partial charge on any atom is 0.303 e. The number of benzene rings is 1. The minimum atomic E-state index is -0.725. The number of carboxylic acids is 1. The molecule has 0 aliphatic carbocycles. The zero-order valence-corrected chi connectivity index (χ0v) is 11.8. The van der Waals surface area contributed by atoms with Crippen LogP contribution in [-0.2, 0) is 4.79 Å². The molecule has 1 unspecified atom stereocenters. The van der Waals surface area contributed by atoms with E-state index in [2.05, 4.69) is 30.1 Å². The molecule has 19 heavy (non-hydrogen) atoms. The topological polar surface area (TPSA) is 40.5 Å². The molecule has 0 amide bonds. The molecule has 1 saturated heterocycles. The summed E-state index contributed by atoms with van der Waals surface area (Å²) in [7, 11) is 2.17. The predicted octanol–water partition coefficient (Wildman–Crippen LogP) is 3.07. The van der Waals surface area contributed by atoms with Gasteiger partial charge in [0.25, 0.3) is 0 Å². The second-order valence-electron chi connectivity index (χ2n) is 5.75. The lowest BCUT2D eigenvalue weighted by atomic mass is 9.86. The molecule has 1 aliphatic rings. The molecule has 3 nitrogen and oxygen atoms in total. The third kappa shape index (κ3) is 3.80. The maximum atomic E-state index is 10.8. The monoisotopic (exact) mass is 261 g/mol. The van der Waals surface area contributed by atoms with E-state index < -0.39 is 5.97 Å². The van der Waals surface area contributed by atoms with Crippen LogP contribution in [0.4, 0.5) is 0 Å². The lowest BCUT2D eigenvalue weighted by Gasteiger charge is -2.29. The van der Waals surface area contributed by atoms with Crippen LogP contribution in [0.15, 0.2) is 24.3 Å². The van der Waals surface area contributed by atoms with Gasteiger partial charge in [-0.15, -0.1) is 0 Å². The van der Waals surface area contributed by atoms with Gasteiger partial charge in [0, 0.05) is 0 Å². The largest absolute Gasteiger partial charge is 0.481 e. The van der Waals surface area contributed by atoms with Crippen molar-refractivity contribution in [1.29, 1.82) is 0 Å². The molecule has 0 aromatic heterocycles. The smallest absolute Gasteiger partial charge is 0.303 e. The Morgan fingerprint density at radius 1 is 1.42 bits per heavy atom. The zero-order chi connectivity index (χ0) is 13.8. The van der Waals surface area contributed by atoms with Crippen LogP contribution >= 0.6 is 0 Å². The first-order valence-electron chi connectivity index (χ1n) is 7.06. The molecule has 1 N–H and O–H groups in total. The Morgan fingerprint density at radius 3 is 2.74 bits per heavy atom. The second-order valence-corrected chi connectivity index (χ2v) is 5.75. The molecule has 1 aromatic carbocycles. The van der Waals surface area contributed by atoms with Crippen LogP contribution in [0.25, 0.3) is 0 Å². The number of hydrogen-bond donors (Lipinski definition) is 1. The van der Waals surface area contributed by atoms with Crippen LogP contribution in [0, 0.1) is 0 Å². The van der Waals surface area contributed by atoms with E-state index in [1.165, 1.54) is 18.4 Å². The first-order valence-corrected chi connectivity index (χ1v) is 7.06. The van der Waals surface area contributed by atoms with Gasteiger partial charge in [-0.1, -0.05) is 31.2 Å². The van der Waals surface area contributed by atoms with Crippen molar-refractivity contribution >= 4 is 5.97 Å². The number of piperidine rings is 1. The van der Waals surface area contributed by atoms with E-state index in [1.807, 2.05) is 13.0 Å². The molecule has 0 radical (unpaired) electrons. The summed E-state index contributed by atoms with van der Waals surface area (Å²) < 4.78 is 0. The molecule has 0 saturated carbocycles. The van der Waals surface area contributed by atoms with E-state index in [0.29, 0.717) is 5.92 Å². The van der Waals surface area contributed by atoms with Gasteiger partial charge in [-0.2, -0.15) is 0 Å². The molecule has 1 heterocycles. The SMILES string of the molecule is CC(CC(=O)O)c1cccc(C2CCN(C)CC2)c1. The van der Waals surface area contributed by atoms with E-state index in [9.17, 15) is 4.79 Å². The molecule has 0 spiro atoms. The Kier molecular flexibility index (Phi) is 4.59. The van der Waals surface area contributed by atoms with Crippen LogP contribution in [0.2, 0.25) is 0 Å². The number of rotatable bonds is 4. The summed E-state index contributed by atoms with van der Waals surface area (Å²) in [4.78, 5) is 13.2. The van der Waals surface area contributed by atoms with Gasteiger partial charge in [0.2, 0.25) is 0 Å². The van der Waals surface area contributed by atoms with Gasteiger partial charge in [0.15, 0.2) is 0 Å². The number of carbonyl (C=O) groups is 1. The lowest BCUT2D eigenvalue weighted by Crippen LogP contribution is -2.29. The average molecular weight is 261 g/mol. The van der Waals surface area contributed by atoms with Gasteiger partial charge in [0.05, 0.1) is 6.42 Å². The summed E-state index contributed by atoms with van der Waals surface area (Å²) in [5.41, 5.74) is 2.53. The Bertz CT molecular complexity index is 436. The van der Waals surface area contributed by atoms with E-state index in [0.717, 1.165) is 18.7 Å². The molecule has 104 valence electrons. The van der Waals surface area contributed by atoms with Crippen molar-refractivity contribution in [1.82, 2.24) is 4.90 Å². The fraction of sp³-hybridized carbons (Fsp3) is 0.562. The minimum absolute atomic E-state index is 0.0868. The highest BCUT2D eigenvalue weighted by atomic mass is 16.4. The molecule has 1 fully saturated rings. The second kappa shape index (κ2) is 6.20. The normalized spacial score (nSPS) is 19.3. The van der Waals surface area contributed by atoms with Crippen molar-refractivity contribution in [3.63, 3.8) is 0 Å². The van der Waals surface area contributed by atoms with E-state index in [4.69, 9.17) is 5.11 Å². The predicted molar refractivity (Wildman–Crippen MR) is 76.6 cm³/mol. The Morgan fingerprint density at radius 2 is 2.11 bits per heavy atom. The van der Waals surface area contributed by atoms with Crippen molar-refractivity contribution < 1.29 is 9.90 Å². The molecule has 0 bridgehead atoms. The third-order valence-corrected chi connectivity index (χ3v) is 4.15. The minimum Gasteiger partial charge on any atom is -0.481 e. The number of hydrogen-bond acceptors (Lipinski definition) is 2. The van der Waals surface area contributed by atoms with Crippen molar-refractivity contribution in [3.8, 4) is 0 Å². The van der Waals surface area contributed by atoms with Crippen LogP contribution < -0.4 is 0 Å². The molecule has 1 aromatic rings. The summed E-state index contributed by atoms with van der Waals surface area (Å²) in [5, 5.41) is 8.89. The summed E-state index contributed by atoms with van der Waals surface area (Å²) >= 11 is 0. The Labute approximate surface area is 115 Å². The van der Waals surface area contributed by atoms with Gasteiger partial charge < -0.3 is 10.0 Å². The van der Waals surface area contributed by atoms with E-state index in [1.54, 1.807) is 0 Å². The summed E-state index contributed by atoms with van der Waals surface area (Å²) in [6.07, 6.45) is 2.61. The van der Waals surface area contributed by atoms with Gasteiger partial charge in [-0.05, 0) is 55.9 Å². The number of carboxylic acid groups (broad SMARTS) is 1. The Balaban J connectivity index is 2.08. The molecule has 1 aliphatic heterocycles. The van der Waals surface area contributed by atoms with Crippen molar-refractivity contribution in [2.75, 3.05) is 20.1 Å². The summed E-state index contributed by atoms with van der Waals surface area (Å²) in [6, 6.07) is 8.52. The van der Waals surface area contributed by atoms with Gasteiger partial charge in [0.1, 0.15) is 0 Å². The van der Waals surface area contributed by atoms with Crippen molar-refractivity contribution in [2.24, 2.45) is 0 Å². The first kappa shape index (κ1) is 14.1. The van der Waals surface area contributed by atoms with Crippen LogP contribution in [0.1, 0.15) is 49.1 Å². The first-order chi connectivity index (χ1) is 9.06. The van der Waals surface area contributed by atoms with Crippen molar-refractivity contribution in [2.45, 2.75) is 38.0 Å². The molecule has 2 rings (SSSR count). The molecular formula is C16H23NO2. The quantitative estimate of drug-likeness (QED) is 0.905. The average Bonchev–Trinajstić information content (AvgIpc) is 2.39. The molecular weight excluding hydrogens is 238 g/mol.